The largest absolute Gasteiger partial charge is 0.465 e. The van der Waals surface area contributed by atoms with Crippen molar-refractivity contribution in [3.63, 3.8) is 0 Å². The van der Waals surface area contributed by atoms with Crippen LogP contribution in [0.3, 0.4) is 0 Å². The van der Waals surface area contributed by atoms with E-state index in [4.69, 9.17) is 10.5 Å². The van der Waals surface area contributed by atoms with E-state index in [0.717, 1.165) is 0 Å². The van der Waals surface area contributed by atoms with Crippen molar-refractivity contribution in [1.82, 2.24) is 5.32 Å². The van der Waals surface area contributed by atoms with E-state index in [1.807, 2.05) is 0 Å². The van der Waals surface area contributed by atoms with Crippen LogP contribution in [0.2, 0.25) is 0 Å². The van der Waals surface area contributed by atoms with Crippen molar-refractivity contribution in [2.45, 2.75) is 25.9 Å². The van der Waals surface area contributed by atoms with Gasteiger partial charge in [0.15, 0.2) is 0 Å². The maximum atomic E-state index is 11.2. The minimum Gasteiger partial charge on any atom is -0.465 e. The average molecular weight is 230 g/mol. The van der Waals surface area contributed by atoms with Gasteiger partial charge in [0.05, 0.1) is 12.6 Å². The van der Waals surface area contributed by atoms with E-state index in [9.17, 15) is 9.59 Å². The highest BCUT2D eigenvalue weighted by Gasteiger charge is 2.23. The highest BCUT2D eigenvalue weighted by molar-refractivity contribution is 5.77. The number of rotatable bonds is 6. The second-order valence-electron chi connectivity index (χ2n) is 3.10. The molecule has 0 spiro atoms. The molecule has 16 heavy (non-hydrogen) atoms. The van der Waals surface area contributed by atoms with Crippen LogP contribution >= 0.6 is 0 Å². The zero-order valence-electron chi connectivity index (χ0n) is 9.56. The van der Waals surface area contributed by atoms with Gasteiger partial charge in [-0.05, 0) is 13.8 Å². The minimum atomic E-state index is -0.906. The molecule has 0 fully saturated rings. The summed E-state index contributed by atoms with van der Waals surface area (Å²) in [6, 6.07) is -1.47. The molecule has 6 nitrogen and oxygen atoms in total. The number of ether oxygens (including phenoxy) is 2. The van der Waals surface area contributed by atoms with Crippen molar-refractivity contribution in [2.75, 3.05) is 13.2 Å². The lowest BCUT2D eigenvalue weighted by atomic mass is 10.1. The first-order valence-electron chi connectivity index (χ1n) is 4.99. The Morgan fingerprint density at radius 1 is 1.50 bits per heavy atom. The van der Waals surface area contributed by atoms with E-state index in [-0.39, 0.29) is 13.2 Å². The van der Waals surface area contributed by atoms with Gasteiger partial charge >= 0.3 is 12.1 Å². The number of carbonyl (C=O) groups is 2. The van der Waals surface area contributed by atoms with E-state index in [0.29, 0.717) is 0 Å². The monoisotopic (exact) mass is 230 g/mol. The van der Waals surface area contributed by atoms with Gasteiger partial charge in [0.2, 0.25) is 0 Å². The Morgan fingerprint density at radius 3 is 2.62 bits per heavy atom. The Bertz CT molecular complexity index is 255. The summed E-state index contributed by atoms with van der Waals surface area (Å²) in [7, 11) is 0. The summed E-state index contributed by atoms with van der Waals surface area (Å²) in [5.41, 5.74) is 5.56. The smallest absolute Gasteiger partial charge is 0.407 e. The summed E-state index contributed by atoms with van der Waals surface area (Å²) in [6.07, 6.45) is 0.794. The molecule has 0 radical (unpaired) electrons. The molecular formula is C10H18N2O4. The summed E-state index contributed by atoms with van der Waals surface area (Å²) in [5, 5.41) is 2.42. The summed E-state index contributed by atoms with van der Waals surface area (Å²) >= 11 is 0. The quantitative estimate of drug-likeness (QED) is 0.501. The first-order chi connectivity index (χ1) is 7.52. The molecule has 0 unspecified atom stereocenters. The summed E-state index contributed by atoms with van der Waals surface area (Å²) < 4.78 is 9.39. The van der Waals surface area contributed by atoms with Crippen LogP contribution in [-0.2, 0) is 14.3 Å². The van der Waals surface area contributed by atoms with Crippen LogP contribution in [0.15, 0.2) is 12.7 Å². The second-order valence-corrected chi connectivity index (χ2v) is 3.10. The van der Waals surface area contributed by atoms with Crippen molar-refractivity contribution in [3.05, 3.63) is 12.7 Å². The Balaban J connectivity index is 4.03. The number of hydrogen-bond acceptors (Lipinski definition) is 5. The lowest BCUT2D eigenvalue weighted by Gasteiger charge is -2.19. The predicted octanol–water partition coefficient (Wildman–Crippen LogP) is 0.178. The molecule has 0 aliphatic carbocycles. The number of hydrogen-bond donors (Lipinski definition) is 2. The standard InChI is InChI=1S/C10H18N2O4/c1-4-6-16-10(14)12-7(3)8(11)9(13)15-5-2/h4,7-8H,1,5-6,11H2,2-3H3,(H,12,14)/t7-,8+/m1/s1. The van der Waals surface area contributed by atoms with Crippen molar-refractivity contribution in [2.24, 2.45) is 5.73 Å². The molecule has 1 amide bonds. The molecule has 0 aliphatic heterocycles. The molecule has 3 N–H and O–H groups in total. The van der Waals surface area contributed by atoms with Crippen LogP contribution in [0.4, 0.5) is 4.79 Å². The summed E-state index contributed by atoms with van der Waals surface area (Å²) in [5.74, 6) is -0.556. The molecule has 6 heteroatoms. The van der Waals surface area contributed by atoms with Gasteiger partial charge in [0.25, 0.3) is 0 Å². The van der Waals surface area contributed by atoms with E-state index in [1.54, 1.807) is 13.8 Å². The Labute approximate surface area is 94.8 Å². The Kier molecular flexibility index (Phi) is 6.95. The fourth-order valence-corrected chi connectivity index (χ4v) is 0.895. The third-order valence-corrected chi connectivity index (χ3v) is 1.78. The van der Waals surface area contributed by atoms with Crippen LogP contribution < -0.4 is 11.1 Å². The second kappa shape index (κ2) is 7.70. The molecule has 0 aromatic heterocycles. The van der Waals surface area contributed by atoms with Gasteiger partial charge in [-0.1, -0.05) is 12.7 Å². The maximum absolute atomic E-state index is 11.2. The summed E-state index contributed by atoms with van der Waals surface area (Å²) in [6.45, 7) is 7.03. The first-order valence-corrected chi connectivity index (χ1v) is 4.99. The topological polar surface area (TPSA) is 90.6 Å². The molecule has 0 saturated heterocycles. The van der Waals surface area contributed by atoms with Crippen LogP contribution in [0, 0.1) is 0 Å². The van der Waals surface area contributed by atoms with Gasteiger partial charge < -0.3 is 20.5 Å². The number of nitrogens with two attached hydrogens (primary N) is 1. The molecule has 2 atom stereocenters. The lowest BCUT2D eigenvalue weighted by molar-refractivity contribution is -0.145. The van der Waals surface area contributed by atoms with Gasteiger partial charge in [0.1, 0.15) is 12.6 Å². The van der Waals surface area contributed by atoms with Crippen molar-refractivity contribution < 1.29 is 19.1 Å². The molecule has 0 aliphatic rings. The van der Waals surface area contributed by atoms with Crippen molar-refractivity contribution >= 4 is 12.1 Å². The number of amides is 1. The first kappa shape index (κ1) is 14.4. The van der Waals surface area contributed by atoms with E-state index in [1.165, 1.54) is 6.08 Å². The molecule has 0 aromatic rings. The molecule has 0 heterocycles. The highest BCUT2D eigenvalue weighted by Crippen LogP contribution is 1.94. The number of esters is 1. The van der Waals surface area contributed by atoms with Gasteiger partial charge in [-0.3, -0.25) is 4.79 Å². The van der Waals surface area contributed by atoms with Gasteiger partial charge in [-0.15, -0.1) is 0 Å². The highest BCUT2D eigenvalue weighted by atomic mass is 16.5. The average Bonchev–Trinajstić information content (AvgIpc) is 2.25. The zero-order chi connectivity index (χ0) is 12.6. The SMILES string of the molecule is C=CCOC(=O)N[C@H](C)[C@H](N)C(=O)OCC. The van der Waals surface area contributed by atoms with Gasteiger partial charge in [-0.2, -0.15) is 0 Å². The Morgan fingerprint density at radius 2 is 2.12 bits per heavy atom. The van der Waals surface area contributed by atoms with Gasteiger partial charge in [-0.25, -0.2) is 4.79 Å². The van der Waals surface area contributed by atoms with Crippen LogP contribution in [0.25, 0.3) is 0 Å². The molecular weight excluding hydrogens is 212 g/mol. The third kappa shape index (κ3) is 5.35. The molecule has 0 rings (SSSR count). The Hall–Kier alpha value is -1.56. The predicted molar refractivity (Wildman–Crippen MR) is 58.8 cm³/mol. The van der Waals surface area contributed by atoms with Crippen molar-refractivity contribution in [3.8, 4) is 0 Å². The number of nitrogens with one attached hydrogen (secondary N) is 1. The molecule has 0 saturated carbocycles. The van der Waals surface area contributed by atoms with E-state index < -0.39 is 24.1 Å². The van der Waals surface area contributed by atoms with Gasteiger partial charge in [0, 0.05) is 0 Å². The lowest BCUT2D eigenvalue weighted by Crippen LogP contribution is -2.50. The van der Waals surface area contributed by atoms with Crippen LogP contribution in [-0.4, -0.2) is 37.4 Å². The van der Waals surface area contributed by atoms with Crippen LogP contribution in [0.1, 0.15) is 13.8 Å². The zero-order valence-corrected chi connectivity index (χ0v) is 9.56. The molecule has 0 aromatic carbocycles. The molecule has 92 valence electrons. The van der Waals surface area contributed by atoms with Crippen molar-refractivity contribution in [1.29, 1.82) is 0 Å². The number of carbonyl (C=O) groups excluding carboxylic acids is 2. The minimum absolute atomic E-state index is 0.104. The molecule has 0 bridgehead atoms. The summed E-state index contributed by atoms with van der Waals surface area (Å²) in [4.78, 5) is 22.3. The number of alkyl carbamates (subject to hydrolysis) is 1. The third-order valence-electron chi connectivity index (χ3n) is 1.78. The van der Waals surface area contributed by atoms with Crippen LogP contribution in [0.5, 0.6) is 0 Å². The normalized spacial score (nSPS) is 13.4. The fourth-order valence-electron chi connectivity index (χ4n) is 0.895. The maximum Gasteiger partial charge on any atom is 0.407 e. The van der Waals surface area contributed by atoms with E-state index >= 15 is 0 Å². The fraction of sp³-hybridized carbons (Fsp3) is 0.600. The van der Waals surface area contributed by atoms with E-state index in [2.05, 4.69) is 16.6 Å².